The number of thioether (sulfide) groups is 1. The Hall–Kier alpha value is -3.08. The highest BCUT2D eigenvalue weighted by Gasteiger charge is 2.37. The molecule has 1 heterocycles. The van der Waals surface area contributed by atoms with Crippen LogP contribution in [0.15, 0.2) is 59.9 Å². The van der Waals surface area contributed by atoms with Crippen LogP contribution < -0.4 is 0 Å². The third kappa shape index (κ3) is 5.84. The van der Waals surface area contributed by atoms with Crippen LogP contribution in [0.2, 0.25) is 0 Å². The molecule has 11 heteroatoms. The lowest BCUT2D eigenvalue weighted by molar-refractivity contribution is -0.143. The smallest absolute Gasteiger partial charge is 0.336 e. The molecule has 0 aliphatic rings. The van der Waals surface area contributed by atoms with Crippen molar-refractivity contribution in [1.82, 2.24) is 14.9 Å². The van der Waals surface area contributed by atoms with Crippen molar-refractivity contribution in [1.29, 1.82) is 0 Å². The molecule has 0 aliphatic heterocycles. The van der Waals surface area contributed by atoms with Gasteiger partial charge in [-0.15, -0.1) is 0 Å². The number of amides is 1. The molecular weight excluding hydrogens is 468 g/mol. The zero-order valence-corrected chi connectivity index (χ0v) is 18.1. The summed E-state index contributed by atoms with van der Waals surface area (Å²) in [6.07, 6.45) is -6.78. The number of carbonyl (C=O) groups excluding carboxylic acids is 1. The number of hydrogen-bond acceptors (Lipinski definition) is 4. The van der Waals surface area contributed by atoms with E-state index >= 15 is 0 Å². The van der Waals surface area contributed by atoms with Gasteiger partial charge in [0.15, 0.2) is 5.16 Å². The highest BCUT2D eigenvalue weighted by molar-refractivity contribution is 7.98. The van der Waals surface area contributed by atoms with Gasteiger partial charge in [0.2, 0.25) is 0 Å². The molecule has 2 aromatic carbocycles. The van der Waals surface area contributed by atoms with E-state index in [-0.39, 0.29) is 17.3 Å². The average molecular weight is 485 g/mol. The quantitative estimate of drug-likeness (QED) is 0.246. The van der Waals surface area contributed by atoms with Gasteiger partial charge in [-0.1, -0.05) is 42.1 Å². The molecule has 3 aromatic rings. The van der Waals surface area contributed by atoms with Crippen molar-refractivity contribution in [3.63, 3.8) is 0 Å². The third-order valence-electron chi connectivity index (χ3n) is 4.65. The summed E-state index contributed by atoms with van der Waals surface area (Å²) < 4.78 is 78.9. The number of rotatable bonds is 5. The molecule has 0 unspecified atom stereocenters. The van der Waals surface area contributed by atoms with Gasteiger partial charge in [0.25, 0.3) is 5.91 Å². The normalized spacial score (nSPS) is 12.0. The minimum atomic E-state index is -4.97. The van der Waals surface area contributed by atoms with E-state index in [0.717, 1.165) is 4.90 Å². The fraction of sp³-hybridized carbons (Fsp3) is 0.227. The van der Waals surface area contributed by atoms with Crippen molar-refractivity contribution >= 4 is 17.7 Å². The van der Waals surface area contributed by atoms with Crippen LogP contribution in [0, 0.1) is 0 Å². The van der Waals surface area contributed by atoms with Crippen molar-refractivity contribution < 1.29 is 31.1 Å². The number of halogens is 6. The van der Waals surface area contributed by atoms with Crippen molar-refractivity contribution in [2.45, 2.75) is 24.1 Å². The summed E-state index contributed by atoms with van der Waals surface area (Å²) in [5, 5.41) is 0.296. The van der Waals surface area contributed by atoms with Crippen molar-refractivity contribution in [2.24, 2.45) is 0 Å². The van der Waals surface area contributed by atoms with Gasteiger partial charge in [0, 0.05) is 25.4 Å². The van der Waals surface area contributed by atoms with Gasteiger partial charge >= 0.3 is 12.4 Å². The van der Waals surface area contributed by atoms with Crippen molar-refractivity contribution in [3.05, 3.63) is 77.1 Å². The topological polar surface area (TPSA) is 46.1 Å². The maximum atomic E-state index is 13.2. The van der Waals surface area contributed by atoms with E-state index in [9.17, 15) is 31.1 Å². The Balaban J connectivity index is 1.99. The van der Waals surface area contributed by atoms with Crippen LogP contribution in [-0.4, -0.2) is 34.1 Å². The SMILES string of the molecule is CSc1ncc(-c2ccccc2)c(C(=O)N(C)Cc2cc(C(F)(F)F)cc(C(F)(F)F)c2)n1. The third-order valence-corrected chi connectivity index (χ3v) is 5.21. The molecule has 1 amide bonds. The minimum absolute atomic E-state index is 0.00827. The van der Waals surface area contributed by atoms with Crippen LogP contribution in [0.5, 0.6) is 0 Å². The van der Waals surface area contributed by atoms with Gasteiger partial charge in [-0.3, -0.25) is 4.79 Å². The first-order valence-corrected chi connectivity index (χ1v) is 10.6. The zero-order valence-electron chi connectivity index (χ0n) is 17.3. The van der Waals surface area contributed by atoms with Crippen LogP contribution in [0.25, 0.3) is 11.1 Å². The average Bonchev–Trinajstić information content (AvgIpc) is 2.77. The predicted octanol–water partition coefficient (Wildman–Crippen LogP) is 6.18. The van der Waals surface area contributed by atoms with E-state index in [2.05, 4.69) is 9.97 Å². The fourth-order valence-electron chi connectivity index (χ4n) is 3.09. The summed E-state index contributed by atoms with van der Waals surface area (Å²) in [4.78, 5) is 22.6. The first kappa shape index (κ1) is 24.6. The molecule has 174 valence electrons. The number of benzene rings is 2. The summed E-state index contributed by atoms with van der Waals surface area (Å²) in [6.45, 7) is -0.487. The van der Waals surface area contributed by atoms with Crippen LogP contribution in [-0.2, 0) is 18.9 Å². The second-order valence-electron chi connectivity index (χ2n) is 7.06. The molecule has 4 nitrogen and oxygen atoms in total. The first-order chi connectivity index (χ1) is 15.4. The van der Waals surface area contributed by atoms with Crippen LogP contribution in [0.1, 0.15) is 27.2 Å². The second-order valence-corrected chi connectivity index (χ2v) is 7.83. The predicted molar refractivity (Wildman–Crippen MR) is 111 cm³/mol. The van der Waals surface area contributed by atoms with Gasteiger partial charge < -0.3 is 4.90 Å². The van der Waals surface area contributed by atoms with Gasteiger partial charge in [-0.25, -0.2) is 9.97 Å². The van der Waals surface area contributed by atoms with Crippen LogP contribution in [0.4, 0.5) is 26.3 Å². The summed E-state index contributed by atoms with van der Waals surface area (Å²) in [5.41, 5.74) is -2.17. The van der Waals surface area contributed by atoms with Crippen molar-refractivity contribution in [2.75, 3.05) is 13.3 Å². The monoisotopic (exact) mass is 485 g/mol. The standard InChI is InChI=1S/C22H17F6N3OS/c1-31(12-13-8-15(21(23,24)25)10-16(9-13)22(26,27)28)19(32)18-17(11-29-20(30-18)33-2)14-6-4-3-5-7-14/h3-11H,12H2,1-2H3. The Kier molecular flexibility index (Phi) is 7.01. The van der Waals surface area contributed by atoms with E-state index in [1.165, 1.54) is 25.0 Å². The van der Waals surface area contributed by atoms with E-state index in [0.29, 0.717) is 28.4 Å². The summed E-state index contributed by atoms with van der Waals surface area (Å²) in [6, 6.07) is 9.99. The lowest BCUT2D eigenvalue weighted by atomic mass is 10.0. The maximum Gasteiger partial charge on any atom is 0.416 e. The number of hydrogen-bond donors (Lipinski definition) is 0. The Morgan fingerprint density at radius 3 is 2.06 bits per heavy atom. The number of carbonyl (C=O) groups is 1. The molecule has 0 N–H and O–H groups in total. The number of alkyl halides is 6. The molecule has 0 saturated carbocycles. The van der Waals surface area contributed by atoms with Gasteiger partial charge in [0.1, 0.15) is 5.69 Å². The van der Waals surface area contributed by atoms with E-state index in [1.54, 1.807) is 36.6 Å². The Morgan fingerprint density at radius 1 is 0.970 bits per heavy atom. The molecule has 0 aliphatic carbocycles. The van der Waals surface area contributed by atoms with Crippen LogP contribution in [0.3, 0.4) is 0 Å². The van der Waals surface area contributed by atoms with Crippen molar-refractivity contribution in [3.8, 4) is 11.1 Å². The summed E-state index contributed by atoms with van der Waals surface area (Å²) in [5.74, 6) is -0.669. The lowest BCUT2D eigenvalue weighted by Crippen LogP contribution is -2.28. The van der Waals surface area contributed by atoms with E-state index in [1.807, 2.05) is 0 Å². The second kappa shape index (κ2) is 9.42. The largest absolute Gasteiger partial charge is 0.416 e. The first-order valence-electron chi connectivity index (χ1n) is 9.40. The molecular formula is C22H17F6N3OS. The minimum Gasteiger partial charge on any atom is -0.336 e. The maximum absolute atomic E-state index is 13.2. The summed E-state index contributed by atoms with van der Waals surface area (Å²) >= 11 is 1.19. The highest BCUT2D eigenvalue weighted by atomic mass is 32.2. The molecule has 0 bridgehead atoms. The van der Waals surface area contributed by atoms with Gasteiger partial charge in [-0.2, -0.15) is 26.3 Å². The Bertz CT molecular complexity index is 1120. The molecule has 0 fully saturated rings. The Morgan fingerprint density at radius 2 is 1.55 bits per heavy atom. The van der Waals surface area contributed by atoms with E-state index < -0.39 is 35.9 Å². The fourth-order valence-corrected chi connectivity index (χ4v) is 3.43. The van der Waals surface area contributed by atoms with Gasteiger partial charge in [0.05, 0.1) is 11.1 Å². The zero-order chi connectivity index (χ0) is 24.4. The molecule has 0 radical (unpaired) electrons. The summed E-state index contributed by atoms with van der Waals surface area (Å²) in [7, 11) is 1.28. The highest BCUT2D eigenvalue weighted by Crippen LogP contribution is 2.36. The molecule has 0 atom stereocenters. The molecule has 0 saturated heterocycles. The van der Waals surface area contributed by atoms with Crippen LogP contribution >= 0.6 is 11.8 Å². The number of aromatic nitrogens is 2. The molecule has 0 spiro atoms. The van der Waals surface area contributed by atoms with Gasteiger partial charge in [-0.05, 0) is 35.6 Å². The van der Waals surface area contributed by atoms with E-state index in [4.69, 9.17) is 0 Å². The molecule has 33 heavy (non-hydrogen) atoms. The number of nitrogens with zero attached hydrogens (tertiary/aromatic N) is 3. The molecule has 1 aromatic heterocycles. The lowest BCUT2D eigenvalue weighted by Gasteiger charge is -2.20. The Labute approximate surface area is 189 Å². The molecule has 3 rings (SSSR count).